The van der Waals surface area contributed by atoms with Gasteiger partial charge in [0, 0.05) is 15.7 Å². The van der Waals surface area contributed by atoms with Crippen molar-refractivity contribution in [1.82, 2.24) is 0 Å². The molecule has 1 aliphatic heterocycles. The molecule has 3 aromatic rings. The zero-order valence-electron chi connectivity index (χ0n) is 16.0. The summed E-state index contributed by atoms with van der Waals surface area (Å²) in [5.41, 5.74) is 2.35. The first-order valence-corrected chi connectivity index (χ1v) is 11.0. The van der Waals surface area contributed by atoms with E-state index in [0.29, 0.717) is 17.0 Å². The van der Waals surface area contributed by atoms with Crippen molar-refractivity contribution >= 4 is 44.6 Å². The number of hydrogen-bond donors (Lipinski definition) is 0. The Morgan fingerprint density at radius 1 is 1.03 bits per heavy atom. The molecule has 3 atom stereocenters. The number of ketones is 1. The molecule has 2 aliphatic rings. The number of carbonyl (C=O) groups excluding carboxylic acids is 1. The van der Waals surface area contributed by atoms with Gasteiger partial charge in [0.1, 0.15) is 5.41 Å². The number of nitriles is 1. The Morgan fingerprint density at radius 2 is 1.70 bits per heavy atom. The molecule has 146 valence electrons. The van der Waals surface area contributed by atoms with Crippen LogP contribution in [0.5, 0.6) is 0 Å². The maximum atomic E-state index is 13.9. The Hall–Kier alpha value is -2.81. The Morgan fingerprint density at radius 3 is 2.40 bits per heavy atom. The molecule has 5 heteroatoms. The highest BCUT2D eigenvalue weighted by Gasteiger charge is 2.62. The van der Waals surface area contributed by atoms with E-state index in [4.69, 9.17) is 12.2 Å². The van der Waals surface area contributed by atoms with Crippen molar-refractivity contribution in [2.45, 2.75) is 18.4 Å². The lowest BCUT2D eigenvalue weighted by atomic mass is 9.63. The van der Waals surface area contributed by atoms with Gasteiger partial charge in [-0.25, -0.2) is 0 Å². The van der Waals surface area contributed by atoms with Gasteiger partial charge in [-0.05, 0) is 41.8 Å². The van der Waals surface area contributed by atoms with Gasteiger partial charge in [-0.1, -0.05) is 82.7 Å². The van der Waals surface area contributed by atoms with Gasteiger partial charge in [-0.15, -0.1) is 0 Å². The van der Waals surface area contributed by atoms with E-state index in [1.54, 1.807) is 0 Å². The van der Waals surface area contributed by atoms with Gasteiger partial charge < -0.3 is 4.90 Å². The average molecular weight is 473 g/mol. The van der Waals surface area contributed by atoms with Crippen LogP contribution >= 0.6 is 28.1 Å². The van der Waals surface area contributed by atoms with E-state index in [-0.39, 0.29) is 11.8 Å². The van der Waals surface area contributed by atoms with Gasteiger partial charge >= 0.3 is 0 Å². The molecule has 0 amide bonds. The fourth-order valence-electron chi connectivity index (χ4n) is 4.90. The average Bonchev–Trinajstić information content (AvgIpc) is 3.05. The fraction of sp³-hybridized carbons (Fsp3) is 0.160. The number of Topliss-reactive ketones (excluding diaryl/α,β-unsaturated/α-hetero) is 1. The molecule has 1 fully saturated rings. The minimum Gasteiger partial charge on any atom is -0.328 e. The number of rotatable bonds is 3. The molecule has 1 saturated heterocycles. The predicted octanol–water partition coefficient (Wildman–Crippen LogP) is 6.22. The van der Waals surface area contributed by atoms with Crippen molar-refractivity contribution in [1.29, 1.82) is 5.26 Å². The second-order valence-corrected chi connectivity index (χ2v) is 9.03. The normalized spacial score (nSPS) is 23.1. The first-order valence-electron chi connectivity index (χ1n) is 9.75. The van der Waals surface area contributed by atoms with Crippen molar-refractivity contribution < 1.29 is 4.79 Å². The molecule has 0 saturated carbocycles. The van der Waals surface area contributed by atoms with E-state index < -0.39 is 11.3 Å². The number of benzene rings is 3. The lowest BCUT2D eigenvalue weighted by molar-refractivity contribution is 0.0843. The highest BCUT2D eigenvalue weighted by atomic mass is 79.9. The third kappa shape index (κ3) is 2.61. The minimum absolute atomic E-state index is 0.0469. The zero-order valence-corrected chi connectivity index (χ0v) is 18.4. The monoisotopic (exact) mass is 472 g/mol. The van der Waals surface area contributed by atoms with Gasteiger partial charge in [-0.2, -0.15) is 5.26 Å². The lowest BCUT2D eigenvalue weighted by Gasteiger charge is -2.34. The van der Waals surface area contributed by atoms with E-state index in [1.165, 1.54) is 0 Å². The molecule has 30 heavy (non-hydrogen) atoms. The Labute approximate surface area is 189 Å². The zero-order chi connectivity index (χ0) is 20.9. The van der Waals surface area contributed by atoms with Crippen LogP contribution in [0.15, 0.2) is 83.3 Å². The number of carbonyl (C=O) groups is 1. The summed E-state index contributed by atoms with van der Waals surface area (Å²) >= 11 is 9.50. The number of hydrogen-bond acceptors (Lipinski definition) is 3. The Kier molecular flexibility index (Phi) is 4.57. The van der Waals surface area contributed by atoms with Crippen LogP contribution in [-0.4, -0.2) is 10.8 Å². The third-order valence-electron chi connectivity index (χ3n) is 6.26. The highest BCUT2D eigenvalue weighted by Crippen LogP contribution is 2.59. The highest BCUT2D eigenvalue weighted by molar-refractivity contribution is 9.10. The molecular formula is C25H17BrN2OS. The molecule has 0 N–H and O–H groups in total. The smallest absolute Gasteiger partial charge is 0.177 e. The molecular weight excluding hydrogens is 456 g/mol. The molecule has 1 heterocycles. The van der Waals surface area contributed by atoms with Crippen LogP contribution < -0.4 is 4.90 Å². The van der Waals surface area contributed by atoms with Crippen LogP contribution in [0.3, 0.4) is 0 Å². The van der Waals surface area contributed by atoms with Gasteiger partial charge in [0.25, 0.3) is 0 Å². The lowest BCUT2D eigenvalue weighted by Crippen LogP contribution is -2.43. The van der Waals surface area contributed by atoms with Crippen LogP contribution in [0, 0.1) is 16.7 Å². The second kappa shape index (κ2) is 7.16. The molecule has 0 spiro atoms. The van der Waals surface area contributed by atoms with E-state index in [2.05, 4.69) is 26.9 Å². The number of anilines is 1. The first-order chi connectivity index (χ1) is 14.6. The van der Waals surface area contributed by atoms with Gasteiger partial charge in [0.2, 0.25) is 0 Å². The summed E-state index contributed by atoms with van der Waals surface area (Å²) < 4.78 is 0.977. The van der Waals surface area contributed by atoms with Gasteiger partial charge in [0.05, 0.1) is 23.0 Å². The molecule has 2 bridgehead atoms. The maximum absolute atomic E-state index is 13.9. The summed E-state index contributed by atoms with van der Waals surface area (Å²) in [5.74, 6) is -0.690. The SMILES string of the molecule is N#CC(c1ccccc1)[C@@]12C[C@@H](c3ccccc3C1=O)N(c1ccc(Br)cc1)C2=S. The summed E-state index contributed by atoms with van der Waals surface area (Å²) in [5, 5.41) is 10.2. The number of halogens is 1. The van der Waals surface area contributed by atoms with Crippen molar-refractivity contribution in [3.05, 3.63) is 100 Å². The van der Waals surface area contributed by atoms with Crippen molar-refractivity contribution in [3.63, 3.8) is 0 Å². The summed E-state index contributed by atoms with van der Waals surface area (Å²) in [6.45, 7) is 0. The predicted molar refractivity (Wildman–Crippen MR) is 125 cm³/mol. The second-order valence-electron chi connectivity index (χ2n) is 7.73. The molecule has 1 aliphatic carbocycles. The Bertz CT molecular complexity index is 1200. The van der Waals surface area contributed by atoms with Crippen molar-refractivity contribution in [2.75, 3.05) is 4.90 Å². The van der Waals surface area contributed by atoms with Crippen LogP contribution in [0.25, 0.3) is 0 Å². The van der Waals surface area contributed by atoms with Crippen molar-refractivity contribution in [3.8, 4) is 6.07 Å². The van der Waals surface area contributed by atoms with Crippen LogP contribution in [0.4, 0.5) is 5.69 Å². The molecule has 0 aromatic heterocycles. The minimum atomic E-state index is -1.06. The molecule has 0 radical (unpaired) electrons. The topological polar surface area (TPSA) is 44.1 Å². The van der Waals surface area contributed by atoms with Crippen LogP contribution in [-0.2, 0) is 0 Å². The van der Waals surface area contributed by atoms with E-state index in [0.717, 1.165) is 21.3 Å². The molecule has 3 aromatic carbocycles. The summed E-state index contributed by atoms with van der Waals surface area (Å²) in [6, 6.07) is 27.6. The number of nitrogens with zero attached hydrogens (tertiary/aromatic N) is 2. The van der Waals surface area contributed by atoms with Gasteiger partial charge in [-0.3, -0.25) is 4.79 Å². The van der Waals surface area contributed by atoms with E-state index >= 15 is 0 Å². The third-order valence-corrected chi connectivity index (χ3v) is 7.35. The van der Waals surface area contributed by atoms with Crippen LogP contribution in [0.1, 0.15) is 39.9 Å². The quantitative estimate of drug-likeness (QED) is 0.424. The largest absolute Gasteiger partial charge is 0.328 e. The summed E-state index contributed by atoms with van der Waals surface area (Å²) in [7, 11) is 0. The fourth-order valence-corrected chi connectivity index (χ4v) is 5.69. The van der Waals surface area contributed by atoms with E-state index in [9.17, 15) is 10.1 Å². The molecule has 1 unspecified atom stereocenters. The Balaban J connectivity index is 1.75. The van der Waals surface area contributed by atoms with Gasteiger partial charge in [0.15, 0.2) is 5.78 Å². The number of fused-ring (bicyclic) bond motifs is 4. The first kappa shape index (κ1) is 19.2. The van der Waals surface area contributed by atoms with Crippen LogP contribution in [0.2, 0.25) is 0 Å². The molecule has 5 rings (SSSR count). The molecule has 3 nitrogen and oxygen atoms in total. The van der Waals surface area contributed by atoms with E-state index in [1.807, 2.05) is 78.9 Å². The summed E-state index contributed by atoms with van der Waals surface area (Å²) in [4.78, 5) is 16.6. The summed E-state index contributed by atoms with van der Waals surface area (Å²) in [6.07, 6.45) is 0.505. The van der Waals surface area contributed by atoms with Crippen molar-refractivity contribution in [2.24, 2.45) is 5.41 Å². The number of thiocarbonyl (C=S) groups is 1. The standard InChI is InChI=1S/C25H17BrN2OS/c26-17-10-12-18(13-11-17)28-22-14-25(24(28)30,21(15-27)16-6-2-1-3-7-16)23(29)20-9-5-4-8-19(20)22/h1-13,21-22H,14H2/t21?,22-,25-/m0/s1. The maximum Gasteiger partial charge on any atom is 0.177 e.